The van der Waals surface area contributed by atoms with Crippen molar-refractivity contribution in [1.82, 2.24) is 14.9 Å². The molecule has 2 aromatic rings. The summed E-state index contributed by atoms with van der Waals surface area (Å²) in [6.45, 7) is 2.75. The zero-order chi connectivity index (χ0) is 23.4. The fourth-order valence-corrected chi connectivity index (χ4v) is 4.09. The van der Waals surface area contributed by atoms with Gasteiger partial charge in [0.1, 0.15) is 17.8 Å². The summed E-state index contributed by atoms with van der Waals surface area (Å²) in [6.07, 6.45) is 6.76. The van der Waals surface area contributed by atoms with Crippen LogP contribution in [0.3, 0.4) is 0 Å². The molecule has 2 heterocycles. The van der Waals surface area contributed by atoms with Gasteiger partial charge in [-0.05, 0) is 24.3 Å². The molecule has 174 valence electrons. The van der Waals surface area contributed by atoms with Gasteiger partial charge < -0.3 is 25.4 Å². The first-order valence-corrected chi connectivity index (χ1v) is 10.6. The highest BCUT2D eigenvalue weighted by molar-refractivity contribution is 5.92. The van der Waals surface area contributed by atoms with Crippen LogP contribution >= 0.6 is 0 Å². The normalized spacial score (nSPS) is 20.9. The van der Waals surface area contributed by atoms with Crippen molar-refractivity contribution in [2.45, 2.75) is 12.1 Å². The fraction of sp³-hybridized carbons (Fsp3) is 0.348. The van der Waals surface area contributed by atoms with Crippen molar-refractivity contribution >= 4 is 29.0 Å². The van der Waals surface area contributed by atoms with Crippen LogP contribution in [0.25, 0.3) is 0 Å². The lowest BCUT2D eigenvalue weighted by molar-refractivity contribution is -0.135. The van der Waals surface area contributed by atoms with Gasteiger partial charge in [0.15, 0.2) is 11.6 Å². The number of piperazine rings is 1. The second-order valence-electron chi connectivity index (χ2n) is 7.75. The topological polar surface area (TPSA) is 106 Å². The Hall–Kier alpha value is -3.50. The fourth-order valence-electron chi connectivity index (χ4n) is 4.09. The average molecular weight is 455 g/mol. The number of nitrogen functional groups attached to an aromatic ring is 1. The molecule has 2 unspecified atom stereocenters. The minimum atomic E-state index is -0.390. The number of benzene rings is 1. The van der Waals surface area contributed by atoms with E-state index in [9.17, 15) is 9.18 Å². The maximum Gasteiger partial charge on any atom is 0.337 e. The van der Waals surface area contributed by atoms with E-state index in [0.717, 1.165) is 0 Å². The molecule has 2 atom stereocenters. The Kier molecular flexibility index (Phi) is 6.85. The zero-order valence-electron chi connectivity index (χ0n) is 18.6. The number of hydrogen-bond donors (Lipinski definition) is 2. The maximum atomic E-state index is 14.0. The summed E-state index contributed by atoms with van der Waals surface area (Å²) in [5.74, 6) is 0.198. The molecule has 1 aromatic carbocycles. The highest BCUT2D eigenvalue weighted by atomic mass is 19.1. The van der Waals surface area contributed by atoms with Crippen LogP contribution in [0.15, 0.2) is 54.4 Å². The number of halogens is 1. The minimum Gasteiger partial charge on any atom is -0.465 e. The molecule has 1 saturated heterocycles. The highest BCUT2D eigenvalue weighted by Gasteiger charge is 2.31. The third-order valence-corrected chi connectivity index (χ3v) is 5.87. The van der Waals surface area contributed by atoms with Gasteiger partial charge in [0.2, 0.25) is 0 Å². The summed E-state index contributed by atoms with van der Waals surface area (Å²) in [6, 6.07) is 6.26. The number of anilines is 4. The molecular formula is C23H27FN6O3. The molecule has 3 N–H and O–H groups in total. The Balaban J connectivity index is 1.47. The van der Waals surface area contributed by atoms with Gasteiger partial charge in [-0.25, -0.2) is 19.2 Å². The second kappa shape index (κ2) is 9.97. The molecule has 0 radical (unpaired) electrons. The van der Waals surface area contributed by atoms with Crippen LogP contribution < -0.4 is 16.0 Å². The van der Waals surface area contributed by atoms with Gasteiger partial charge in [-0.1, -0.05) is 18.2 Å². The number of carbonyl (C=O) groups is 1. The molecule has 0 amide bonds. The predicted octanol–water partition coefficient (Wildman–Crippen LogP) is 2.12. The Morgan fingerprint density at radius 1 is 1.18 bits per heavy atom. The number of nitrogens with two attached hydrogens (primary N) is 1. The van der Waals surface area contributed by atoms with Gasteiger partial charge >= 0.3 is 5.97 Å². The Morgan fingerprint density at radius 2 is 1.94 bits per heavy atom. The van der Waals surface area contributed by atoms with E-state index in [1.165, 1.54) is 19.5 Å². The Morgan fingerprint density at radius 3 is 2.64 bits per heavy atom. The molecule has 4 rings (SSSR count). The van der Waals surface area contributed by atoms with E-state index >= 15 is 0 Å². The monoisotopic (exact) mass is 454 g/mol. The lowest BCUT2D eigenvalue weighted by atomic mass is 9.97. The molecular weight excluding hydrogens is 427 g/mol. The lowest BCUT2D eigenvalue weighted by Gasteiger charge is -2.41. The number of carbonyl (C=O) groups excluding carboxylic acids is 1. The van der Waals surface area contributed by atoms with E-state index in [4.69, 9.17) is 15.2 Å². The number of nitrogens with one attached hydrogen (secondary N) is 1. The third kappa shape index (κ3) is 4.81. The number of rotatable bonds is 6. The van der Waals surface area contributed by atoms with E-state index in [1.807, 2.05) is 12.2 Å². The maximum absolute atomic E-state index is 14.0. The number of aromatic nitrogens is 2. The summed E-state index contributed by atoms with van der Waals surface area (Å²) in [5, 5.41) is 2.95. The van der Waals surface area contributed by atoms with Gasteiger partial charge in [0.05, 0.1) is 30.5 Å². The molecule has 1 aliphatic heterocycles. The number of para-hydroxylation sites is 1. The summed E-state index contributed by atoms with van der Waals surface area (Å²) in [5.41, 5.74) is 7.51. The molecule has 1 fully saturated rings. The van der Waals surface area contributed by atoms with E-state index in [0.29, 0.717) is 54.8 Å². The van der Waals surface area contributed by atoms with E-state index in [2.05, 4.69) is 25.1 Å². The molecule has 0 saturated carbocycles. The SMILES string of the molecule is COC(=O)C1=CC(N2CCN(c3ncnc(Nc4ccccc4F)c3N)CC2)C(OC)C=C1. The standard InChI is InChI=1S/C23H27FN6O3/c1-32-19-8-7-15(23(31)33-2)13-18(19)29-9-11-30(12-10-29)22-20(25)21(26-14-27-22)28-17-6-4-3-5-16(17)24/h3-8,13-14,18-19H,9-12,25H2,1-2H3,(H,26,27,28). The number of ether oxygens (including phenoxy) is 2. The molecule has 10 heteroatoms. The molecule has 2 aliphatic rings. The van der Waals surface area contributed by atoms with Crippen LogP contribution in [0.4, 0.5) is 27.4 Å². The Bertz CT molecular complexity index is 1070. The first-order valence-electron chi connectivity index (χ1n) is 10.6. The van der Waals surface area contributed by atoms with Gasteiger partial charge in [-0.2, -0.15) is 0 Å². The first-order chi connectivity index (χ1) is 16.0. The van der Waals surface area contributed by atoms with Crippen molar-refractivity contribution < 1.29 is 18.7 Å². The molecule has 0 spiro atoms. The van der Waals surface area contributed by atoms with Gasteiger partial charge in [-0.3, -0.25) is 4.90 Å². The van der Waals surface area contributed by atoms with Crippen molar-refractivity contribution in [3.8, 4) is 0 Å². The number of nitrogens with zero attached hydrogens (tertiary/aromatic N) is 4. The Labute approximate surface area is 191 Å². The summed E-state index contributed by atoms with van der Waals surface area (Å²) in [7, 11) is 3.02. The average Bonchev–Trinajstić information content (AvgIpc) is 2.86. The van der Waals surface area contributed by atoms with E-state index in [-0.39, 0.29) is 23.9 Å². The molecule has 1 aromatic heterocycles. The number of methoxy groups -OCH3 is 2. The van der Waals surface area contributed by atoms with Crippen LogP contribution in [-0.2, 0) is 14.3 Å². The van der Waals surface area contributed by atoms with Crippen molar-refractivity contribution in [1.29, 1.82) is 0 Å². The number of esters is 1. The van der Waals surface area contributed by atoms with Crippen molar-refractivity contribution in [3.63, 3.8) is 0 Å². The van der Waals surface area contributed by atoms with Crippen molar-refractivity contribution in [3.05, 3.63) is 60.2 Å². The van der Waals surface area contributed by atoms with Crippen LogP contribution in [0.1, 0.15) is 0 Å². The molecule has 33 heavy (non-hydrogen) atoms. The molecule has 0 bridgehead atoms. The summed E-state index contributed by atoms with van der Waals surface area (Å²) >= 11 is 0. The van der Waals surface area contributed by atoms with Crippen LogP contribution in [0.2, 0.25) is 0 Å². The highest BCUT2D eigenvalue weighted by Crippen LogP contribution is 2.30. The quantitative estimate of drug-likeness (QED) is 0.635. The van der Waals surface area contributed by atoms with Crippen LogP contribution in [0, 0.1) is 5.82 Å². The van der Waals surface area contributed by atoms with Gasteiger partial charge in [-0.15, -0.1) is 0 Å². The van der Waals surface area contributed by atoms with E-state index in [1.54, 1.807) is 31.4 Å². The van der Waals surface area contributed by atoms with Crippen molar-refractivity contribution in [2.75, 3.05) is 56.3 Å². The zero-order valence-corrected chi connectivity index (χ0v) is 18.6. The predicted molar refractivity (Wildman–Crippen MR) is 124 cm³/mol. The van der Waals surface area contributed by atoms with E-state index < -0.39 is 0 Å². The number of hydrogen-bond acceptors (Lipinski definition) is 9. The second-order valence-corrected chi connectivity index (χ2v) is 7.75. The largest absolute Gasteiger partial charge is 0.465 e. The lowest BCUT2D eigenvalue weighted by Crippen LogP contribution is -2.54. The van der Waals surface area contributed by atoms with Crippen molar-refractivity contribution in [2.24, 2.45) is 0 Å². The smallest absolute Gasteiger partial charge is 0.337 e. The van der Waals surface area contributed by atoms with Gasteiger partial charge in [0.25, 0.3) is 0 Å². The van der Waals surface area contributed by atoms with Crippen LogP contribution in [0.5, 0.6) is 0 Å². The summed E-state index contributed by atoms with van der Waals surface area (Å²) < 4.78 is 24.5. The summed E-state index contributed by atoms with van der Waals surface area (Å²) in [4.78, 5) is 24.9. The first kappa shape index (κ1) is 22.7. The minimum absolute atomic E-state index is 0.0859. The van der Waals surface area contributed by atoms with Crippen LogP contribution in [-0.4, -0.2) is 73.4 Å². The molecule has 9 nitrogen and oxygen atoms in total. The molecule has 1 aliphatic carbocycles. The van der Waals surface area contributed by atoms with Gasteiger partial charge in [0, 0.05) is 33.3 Å². The third-order valence-electron chi connectivity index (χ3n) is 5.87.